The zero-order valence-electron chi connectivity index (χ0n) is 18.9. The largest absolute Gasteiger partial charge is 1.00 e. The minimum Gasteiger partial charge on any atom is -0.744 e. The van der Waals surface area contributed by atoms with Crippen LogP contribution in [0.3, 0.4) is 0 Å². The first kappa shape index (κ1) is 29.6. The second kappa shape index (κ2) is 18.2. The van der Waals surface area contributed by atoms with Crippen molar-refractivity contribution in [1.29, 1.82) is 0 Å². The first-order valence-electron chi connectivity index (χ1n) is 11.2. The van der Waals surface area contributed by atoms with Gasteiger partial charge in [0.05, 0.1) is 4.90 Å². The van der Waals surface area contributed by atoms with Crippen molar-refractivity contribution in [2.24, 2.45) is 0 Å². The van der Waals surface area contributed by atoms with E-state index in [0.29, 0.717) is 6.42 Å². The minimum absolute atomic E-state index is 0. The Morgan fingerprint density at radius 1 is 0.800 bits per heavy atom. The Balaban J connectivity index is 0.00000841. The summed E-state index contributed by atoms with van der Waals surface area (Å²) in [6, 6.07) is 5.44. The number of unbranched alkanes of at least 4 members (excludes halogenated alkanes) is 13. The Labute approximate surface area is 205 Å². The molecule has 0 atom stereocenters. The van der Waals surface area contributed by atoms with E-state index < -0.39 is 21.0 Å². The van der Waals surface area contributed by atoms with Gasteiger partial charge in [-0.25, -0.2) is 8.42 Å². The van der Waals surface area contributed by atoms with Crippen LogP contribution in [0.5, 0.6) is 5.75 Å². The van der Waals surface area contributed by atoms with Gasteiger partial charge in [0.1, 0.15) is 15.9 Å². The topological polar surface area (TPSA) is 83.5 Å². The van der Waals surface area contributed by atoms with Crippen molar-refractivity contribution in [1.82, 2.24) is 0 Å². The zero-order chi connectivity index (χ0) is 21.4. The van der Waals surface area contributed by atoms with Crippen molar-refractivity contribution in [2.75, 3.05) is 0 Å². The fourth-order valence-corrected chi connectivity index (χ4v) is 3.98. The Morgan fingerprint density at radius 3 is 1.70 bits per heavy atom. The maximum Gasteiger partial charge on any atom is 1.00 e. The van der Waals surface area contributed by atoms with Crippen molar-refractivity contribution >= 4 is 16.1 Å². The molecule has 0 aliphatic rings. The van der Waals surface area contributed by atoms with E-state index in [1.165, 1.54) is 88.8 Å². The predicted octanol–water partition coefficient (Wildman–Crippen LogP) is 3.37. The molecule has 7 heteroatoms. The molecule has 1 aromatic rings. The van der Waals surface area contributed by atoms with Gasteiger partial charge in [-0.2, -0.15) is 0 Å². The summed E-state index contributed by atoms with van der Waals surface area (Å²) < 4.78 is 38.6. The van der Waals surface area contributed by atoms with Crippen LogP contribution in [0.25, 0.3) is 0 Å². The fraction of sp³-hybridized carbons (Fsp3) is 0.696. The summed E-state index contributed by atoms with van der Waals surface area (Å²) >= 11 is 0. The van der Waals surface area contributed by atoms with Crippen molar-refractivity contribution in [2.45, 2.75) is 108 Å². The van der Waals surface area contributed by atoms with Gasteiger partial charge in [-0.3, -0.25) is 4.79 Å². The van der Waals surface area contributed by atoms with E-state index in [1.54, 1.807) is 0 Å². The van der Waals surface area contributed by atoms with Gasteiger partial charge in [0.2, 0.25) is 0 Å². The van der Waals surface area contributed by atoms with E-state index >= 15 is 0 Å². The van der Waals surface area contributed by atoms with E-state index in [2.05, 4.69) is 6.92 Å². The van der Waals surface area contributed by atoms with Crippen molar-refractivity contribution in [3.63, 3.8) is 0 Å². The summed E-state index contributed by atoms with van der Waals surface area (Å²) in [5.74, 6) is -0.682. The summed E-state index contributed by atoms with van der Waals surface area (Å²) in [6.45, 7) is 2.25. The molecule has 0 amide bonds. The third-order valence-electron chi connectivity index (χ3n) is 5.08. The van der Waals surface area contributed by atoms with Crippen molar-refractivity contribution in [3.05, 3.63) is 24.3 Å². The third-order valence-corrected chi connectivity index (χ3v) is 5.95. The first-order chi connectivity index (χ1) is 13.9. The predicted molar refractivity (Wildman–Crippen MR) is 115 cm³/mol. The summed E-state index contributed by atoms with van der Waals surface area (Å²) in [5, 5.41) is 0. The number of esters is 1. The second-order valence-corrected chi connectivity index (χ2v) is 9.07. The quantitative estimate of drug-likeness (QED) is 0.120. The van der Waals surface area contributed by atoms with E-state index in [1.807, 2.05) is 0 Å². The van der Waals surface area contributed by atoms with Gasteiger partial charge in [0.15, 0.2) is 0 Å². The van der Waals surface area contributed by atoms with Crippen LogP contribution < -0.4 is 34.3 Å². The molecule has 5 nitrogen and oxygen atoms in total. The molecule has 0 aromatic heterocycles. The molecule has 30 heavy (non-hydrogen) atoms. The molecule has 0 spiro atoms. The standard InChI is InChI=1S/C23H38O5S.Na/c1-2-3-4-5-6-7-8-9-10-11-12-13-14-15-20-23(24)28-21-18-16-17-19-22(21)29(25,26)27;/h16-19H,2-15,20H2,1H3,(H,25,26,27);/q;+1/p-1. The Bertz CT molecular complexity index is 676. The van der Waals surface area contributed by atoms with E-state index in [0.717, 1.165) is 18.9 Å². The maximum absolute atomic E-state index is 11.9. The minimum atomic E-state index is -4.66. The SMILES string of the molecule is CCCCCCCCCCCCCCCCC(=O)Oc1ccccc1S(=O)(=O)[O-].[Na+]. The molecule has 0 saturated heterocycles. The Kier molecular flexibility index (Phi) is 18.0. The molecule has 0 aliphatic heterocycles. The van der Waals surface area contributed by atoms with Crippen LogP contribution in [0.1, 0.15) is 103 Å². The molecule has 0 unspecified atom stereocenters. The van der Waals surface area contributed by atoms with Crippen LogP contribution in [0.2, 0.25) is 0 Å². The molecule has 0 heterocycles. The number of rotatable bonds is 17. The summed E-state index contributed by atoms with van der Waals surface area (Å²) in [6.07, 6.45) is 17.6. The second-order valence-electron chi connectivity index (χ2n) is 7.72. The van der Waals surface area contributed by atoms with Crippen molar-refractivity contribution < 1.29 is 52.1 Å². The number of ether oxygens (including phenoxy) is 1. The number of para-hydroxylation sites is 1. The van der Waals surface area contributed by atoms with Gasteiger partial charge in [0, 0.05) is 6.42 Å². The number of benzene rings is 1. The van der Waals surface area contributed by atoms with E-state index in [4.69, 9.17) is 4.74 Å². The maximum atomic E-state index is 11.9. The summed E-state index contributed by atoms with van der Waals surface area (Å²) in [5.41, 5.74) is 0. The molecule has 166 valence electrons. The van der Waals surface area contributed by atoms with Gasteiger partial charge in [-0.15, -0.1) is 0 Å². The van der Waals surface area contributed by atoms with Gasteiger partial charge in [-0.1, -0.05) is 103 Å². The monoisotopic (exact) mass is 448 g/mol. The van der Waals surface area contributed by atoms with E-state index in [9.17, 15) is 17.8 Å². The molecule has 1 aromatic carbocycles. The van der Waals surface area contributed by atoms with Crippen LogP contribution in [-0.4, -0.2) is 18.9 Å². The fourth-order valence-electron chi connectivity index (χ4n) is 3.38. The molecule has 0 aliphatic carbocycles. The van der Waals surface area contributed by atoms with Crippen molar-refractivity contribution in [3.8, 4) is 5.75 Å². The van der Waals surface area contributed by atoms with Gasteiger partial charge in [0.25, 0.3) is 0 Å². The molecule has 0 bridgehead atoms. The molecular formula is C23H37NaO5S. The summed E-state index contributed by atoms with van der Waals surface area (Å²) in [7, 11) is -4.66. The van der Waals surface area contributed by atoms with Crippen LogP contribution in [0.4, 0.5) is 0 Å². The van der Waals surface area contributed by atoms with Crippen LogP contribution in [0.15, 0.2) is 29.2 Å². The number of hydrogen-bond donors (Lipinski definition) is 0. The summed E-state index contributed by atoms with van der Waals surface area (Å²) in [4.78, 5) is 11.4. The molecule has 0 fully saturated rings. The average molecular weight is 449 g/mol. The number of hydrogen-bond acceptors (Lipinski definition) is 5. The smallest absolute Gasteiger partial charge is 0.744 e. The average Bonchev–Trinajstić information content (AvgIpc) is 2.68. The van der Waals surface area contributed by atoms with Gasteiger partial charge in [-0.05, 0) is 18.6 Å². The Hall–Kier alpha value is -0.400. The van der Waals surface area contributed by atoms with Crippen LogP contribution in [-0.2, 0) is 14.9 Å². The number of carbonyl (C=O) groups excluding carboxylic acids is 1. The number of carbonyl (C=O) groups is 1. The molecule has 0 saturated carbocycles. The third kappa shape index (κ3) is 14.6. The molecule has 0 radical (unpaired) electrons. The molecule has 0 N–H and O–H groups in total. The van der Waals surface area contributed by atoms with Gasteiger partial charge < -0.3 is 9.29 Å². The molecule has 1 rings (SSSR count). The van der Waals surface area contributed by atoms with Gasteiger partial charge >= 0.3 is 35.5 Å². The normalized spacial score (nSPS) is 11.1. The molecular weight excluding hydrogens is 411 g/mol. The zero-order valence-corrected chi connectivity index (χ0v) is 21.7. The first-order valence-corrected chi connectivity index (χ1v) is 12.6. The van der Waals surface area contributed by atoms with Crippen LogP contribution >= 0.6 is 0 Å². The van der Waals surface area contributed by atoms with Crippen LogP contribution in [0, 0.1) is 0 Å². The Morgan fingerprint density at radius 2 is 1.23 bits per heavy atom. The van der Waals surface area contributed by atoms with E-state index in [-0.39, 0.29) is 41.7 Å².